The van der Waals surface area contributed by atoms with Crippen LogP contribution in [0.15, 0.2) is 28.2 Å². The number of benzene rings is 1. The van der Waals surface area contributed by atoms with Gasteiger partial charge >= 0.3 is 0 Å². The van der Waals surface area contributed by atoms with Crippen molar-refractivity contribution < 1.29 is 4.79 Å². The molecule has 4 rings (SSSR count). The zero-order chi connectivity index (χ0) is 20.0. The first-order chi connectivity index (χ1) is 13.3. The van der Waals surface area contributed by atoms with E-state index in [1.807, 2.05) is 19.1 Å². The zero-order valence-corrected chi connectivity index (χ0v) is 18.0. The Morgan fingerprint density at radius 2 is 2.25 bits per heavy atom. The Morgan fingerprint density at radius 1 is 1.46 bits per heavy atom. The standard InChI is InChI=1S/C20H20ClN3O2S2/c1-10-3-6-13-15(7-10)28-18-17(13)19(26)24(20(23-18)27-9-16(22)25)12-5-4-11(2)14(21)8-12/h4-5,8,10H,3,6-7,9H2,1-2H3,(H2,22,25)/t10-/m1/s1. The van der Waals surface area contributed by atoms with E-state index in [1.165, 1.54) is 16.6 Å². The second kappa shape index (κ2) is 7.54. The fourth-order valence-electron chi connectivity index (χ4n) is 3.55. The Hall–Kier alpha value is -1.83. The lowest BCUT2D eigenvalue weighted by Gasteiger charge is -2.18. The summed E-state index contributed by atoms with van der Waals surface area (Å²) in [7, 11) is 0. The number of primary amides is 1. The van der Waals surface area contributed by atoms with E-state index in [0.717, 1.165) is 35.2 Å². The van der Waals surface area contributed by atoms with Crippen LogP contribution in [0.4, 0.5) is 0 Å². The summed E-state index contributed by atoms with van der Waals surface area (Å²) in [6, 6.07) is 5.49. The number of aromatic nitrogens is 2. The Kier molecular flexibility index (Phi) is 5.24. The van der Waals surface area contributed by atoms with Gasteiger partial charge in [0.15, 0.2) is 5.16 Å². The molecule has 2 heterocycles. The molecule has 146 valence electrons. The molecule has 0 bridgehead atoms. The van der Waals surface area contributed by atoms with Gasteiger partial charge in [-0.1, -0.05) is 36.4 Å². The molecule has 0 saturated heterocycles. The largest absolute Gasteiger partial charge is 0.369 e. The van der Waals surface area contributed by atoms with Crippen LogP contribution >= 0.6 is 34.7 Å². The SMILES string of the molecule is Cc1ccc(-n2c(SCC(N)=O)nc3sc4c(c3c2=O)CC[C@@H](C)C4)cc1Cl. The summed E-state index contributed by atoms with van der Waals surface area (Å²) in [5.41, 5.74) is 7.93. The maximum Gasteiger partial charge on any atom is 0.267 e. The molecule has 2 N–H and O–H groups in total. The number of thioether (sulfide) groups is 1. The van der Waals surface area contributed by atoms with E-state index < -0.39 is 5.91 Å². The predicted octanol–water partition coefficient (Wildman–Crippen LogP) is 4.11. The maximum atomic E-state index is 13.6. The molecule has 3 aromatic rings. The number of rotatable bonds is 4. The van der Waals surface area contributed by atoms with E-state index in [1.54, 1.807) is 22.0 Å². The summed E-state index contributed by atoms with van der Waals surface area (Å²) in [5.74, 6) is 0.217. The van der Waals surface area contributed by atoms with Gasteiger partial charge in [0.2, 0.25) is 5.91 Å². The van der Waals surface area contributed by atoms with Crippen molar-refractivity contribution in [2.24, 2.45) is 11.7 Å². The third kappa shape index (κ3) is 3.47. The number of hydrogen-bond donors (Lipinski definition) is 1. The smallest absolute Gasteiger partial charge is 0.267 e. The first kappa shape index (κ1) is 19.5. The van der Waals surface area contributed by atoms with E-state index in [9.17, 15) is 9.59 Å². The monoisotopic (exact) mass is 433 g/mol. The summed E-state index contributed by atoms with van der Waals surface area (Å²) in [5, 5.41) is 1.74. The normalized spacial score (nSPS) is 16.3. The highest BCUT2D eigenvalue weighted by Crippen LogP contribution is 2.37. The minimum atomic E-state index is -0.452. The summed E-state index contributed by atoms with van der Waals surface area (Å²) in [6.45, 7) is 4.15. The fraction of sp³-hybridized carbons (Fsp3) is 0.350. The molecule has 2 aromatic heterocycles. The van der Waals surface area contributed by atoms with Gasteiger partial charge in [-0.05, 0) is 55.4 Å². The van der Waals surface area contributed by atoms with Gasteiger partial charge in [-0.25, -0.2) is 4.98 Å². The highest BCUT2D eigenvalue weighted by molar-refractivity contribution is 7.99. The topological polar surface area (TPSA) is 78.0 Å². The molecule has 5 nitrogen and oxygen atoms in total. The molecule has 8 heteroatoms. The molecular weight excluding hydrogens is 414 g/mol. The molecule has 0 radical (unpaired) electrons. The lowest BCUT2D eigenvalue weighted by Crippen LogP contribution is -2.23. The van der Waals surface area contributed by atoms with Gasteiger partial charge < -0.3 is 5.73 Å². The molecule has 1 aliphatic rings. The molecule has 28 heavy (non-hydrogen) atoms. The third-order valence-corrected chi connectivity index (χ3v) is 7.57. The summed E-state index contributed by atoms with van der Waals surface area (Å²) in [6.07, 6.45) is 2.96. The first-order valence-electron chi connectivity index (χ1n) is 9.10. The number of nitrogens with two attached hydrogens (primary N) is 1. The second-order valence-corrected chi connectivity index (χ2v) is 9.69. The number of amides is 1. The van der Waals surface area contributed by atoms with Gasteiger partial charge in [0, 0.05) is 9.90 Å². The van der Waals surface area contributed by atoms with Crippen LogP contribution in [0.1, 0.15) is 29.3 Å². The molecule has 0 aliphatic heterocycles. The molecule has 0 saturated carbocycles. The van der Waals surface area contributed by atoms with Crippen LogP contribution in [0, 0.1) is 12.8 Å². The first-order valence-corrected chi connectivity index (χ1v) is 11.3. The Bertz CT molecular complexity index is 1150. The van der Waals surface area contributed by atoms with E-state index >= 15 is 0 Å². The average molecular weight is 434 g/mol. The number of carbonyl (C=O) groups is 1. The molecule has 1 aromatic carbocycles. The molecule has 1 aliphatic carbocycles. The number of carbonyl (C=O) groups excluding carboxylic acids is 1. The molecular formula is C20H20ClN3O2S2. The van der Waals surface area contributed by atoms with Crippen LogP contribution < -0.4 is 11.3 Å². The van der Waals surface area contributed by atoms with Crippen LogP contribution in [0.2, 0.25) is 5.02 Å². The molecule has 0 spiro atoms. The molecule has 0 fully saturated rings. The fourth-order valence-corrected chi connectivity index (χ4v) is 5.90. The predicted molar refractivity (Wildman–Crippen MR) is 116 cm³/mol. The van der Waals surface area contributed by atoms with Gasteiger partial charge in [-0.3, -0.25) is 14.2 Å². The van der Waals surface area contributed by atoms with Crippen LogP contribution in [0.25, 0.3) is 15.9 Å². The van der Waals surface area contributed by atoms with Crippen LogP contribution in [-0.2, 0) is 17.6 Å². The number of aryl methyl sites for hydroxylation is 2. The van der Waals surface area contributed by atoms with E-state index in [0.29, 0.717) is 27.2 Å². The van der Waals surface area contributed by atoms with Crippen molar-refractivity contribution in [1.29, 1.82) is 0 Å². The summed E-state index contributed by atoms with van der Waals surface area (Å²) in [4.78, 5) is 31.6. The van der Waals surface area contributed by atoms with Gasteiger partial charge in [0.1, 0.15) is 4.83 Å². The second-order valence-electron chi connectivity index (χ2n) is 7.26. The highest BCUT2D eigenvalue weighted by atomic mass is 35.5. The van der Waals surface area contributed by atoms with Gasteiger partial charge in [0.25, 0.3) is 5.56 Å². The van der Waals surface area contributed by atoms with Gasteiger partial charge in [-0.15, -0.1) is 11.3 Å². The Labute approximate surface area is 175 Å². The van der Waals surface area contributed by atoms with Gasteiger partial charge in [0.05, 0.1) is 16.8 Å². The summed E-state index contributed by atoms with van der Waals surface area (Å²) >= 11 is 9.08. The molecule has 1 amide bonds. The zero-order valence-electron chi connectivity index (χ0n) is 15.6. The van der Waals surface area contributed by atoms with Crippen LogP contribution in [0.3, 0.4) is 0 Å². The van der Waals surface area contributed by atoms with E-state index in [2.05, 4.69) is 6.92 Å². The Morgan fingerprint density at radius 3 is 2.96 bits per heavy atom. The quantitative estimate of drug-likeness (QED) is 0.496. The minimum Gasteiger partial charge on any atom is -0.369 e. The van der Waals surface area contributed by atoms with Crippen molar-refractivity contribution in [3.63, 3.8) is 0 Å². The van der Waals surface area contributed by atoms with Gasteiger partial charge in [-0.2, -0.15) is 0 Å². The summed E-state index contributed by atoms with van der Waals surface area (Å²) < 4.78 is 1.56. The maximum absolute atomic E-state index is 13.6. The van der Waals surface area contributed by atoms with Crippen LogP contribution in [0.5, 0.6) is 0 Å². The number of hydrogen-bond acceptors (Lipinski definition) is 5. The van der Waals surface area contributed by atoms with Crippen molar-refractivity contribution in [2.75, 3.05) is 5.75 Å². The van der Waals surface area contributed by atoms with E-state index in [-0.39, 0.29) is 11.3 Å². The van der Waals surface area contributed by atoms with Crippen molar-refractivity contribution in [2.45, 2.75) is 38.3 Å². The number of halogens is 1. The average Bonchev–Trinajstić information content (AvgIpc) is 3.00. The van der Waals surface area contributed by atoms with E-state index in [4.69, 9.17) is 22.3 Å². The van der Waals surface area contributed by atoms with Crippen molar-refractivity contribution >= 4 is 50.8 Å². The molecule has 1 atom stereocenters. The number of fused-ring (bicyclic) bond motifs is 3. The lowest BCUT2D eigenvalue weighted by atomic mass is 9.89. The van der Waals surface area contributed by atoms with Crippen molar-refractivity contribution in [3.05, 3.63) is 49.6 Å². The third-order valence-electron chi connectivity index (χ3n) is 5.06. The molecule has 0 unspecified atom stereocenters. The minimum absolute atomic E-state index is 0.0552. The Balaban J connectivity index is 1.97. The lowest BCUT2D eigenvalue weighted by molar-refractivity contribution is -0.115. The highest BCUT2D eigenvalue weighted by Gasteiger charge is 2.25. The van der Waals surface area contributed by atoms with Crippen LogP contribution in [-0.4, -0.2) is 21.2 Å². The van der Waals surface area contributed by atoms with Crippen molar-refractivity contribution in [1.82, 2.24) is 9.55 Å². The van der Waals surface area contributed by atoms with Crippen molar-refractivity contribution in [3.8, 4) is 5.69 Å². The number of nitrogens with zero attached hydrogens (tertiary/aromatic N) is 2. The number of thiophene rings is 1.